The minimum Gasteiger partial charge on any atom is -0.497 e. The normalized spacial score (nSPS) is 9.67. The summed E-state index contributed by atoms with van der Waals surface area (Å²) in [7, 11) is 1.60. The second kappa shape index (κ2) is 5.98. The topological polar surface area (TPSA) is 38.3 Å². The molecule has 1 rings (SSSR count). The van der Waals surface area contributed by atoms with Crippen molar-refractivity contribution in [2.75, 3.05) is 20.2 Å². The lowest BCUT2D eigenvalue weighted by atomic mass is 10.1. The molecule has 0 saturated heterocycles. The highest BCUT2D eigenvalue weighted by molar-refractivity contribution is 5.97. The van der Waals surface area contributed by atoms with Gasteiger partial charge < -0.3 is 10.1 Å². The largest absolute Gasteiger partial charge is 0.497 e. The number of methoxy groups -OCH3 is 1. The van der Waals surface area contributed by atoms with Crippen LogP contribution in [-0.4, -0.2) is 26.0 Å². The summed E-state index contributed by atoms with van der Waals surface area (Å²) >= 11 is 0. The van der Waals surface area contributed by atoms with Gasteiger partial charge in [-0.2, -0.15) is 0 Å². The molecule has 0 amide bonds. The number of nitrogens with one attached hydrogen (secondary N) is 1. The van der Waals surface area contributed by atoms with Crippen molar-refractivity contribution in [1.29, 1.82) is 0 Å². The van der Waals surface area contributed by atoms with Crippen molar-refractivity contribution >= 4 is 5.78 Å². The number of Topliss-reactive ketones (excluding diaryl/α,β-unsaturated/α-hetero) is 1. The molecule has 3 heteroatoms. The third-order valence-corrected chi connectivity index (χ3v) is 1.99. The quantitative estimate of drug-likeness (QED) is 0.436. The molecular weight excluding hydrogens is 190 g/mol. The highest BCUT2D eigenvalue weighted by Gasteiger charge is 2.04. The molecule has 0 heterocycles. The van der Waals surface area contributed by atoms with E-state index >= 15 is 0 Å². The molecule has 0 bridgehead atoms. The molecule has 0 saturated carbocycles. The van der Waals surface area contributed by atoms with Crippen LogP contribution in [0.25, 0.3) is 0 Å². The Morgan fingerprint density at radius 3 is 2.67 bits per heavy atom. The van der Waals surface area contributed by atoms with E-state index in [4.69, 9.17) is 4.74 Å². The first-order valence-electron chi connectivity index (χ1n) is 4.77. The SMILES string of the molecule is C=CCNCC(=O)c1ccc(OC)cc1. The van der Waals surface area contributed by atoms with Crippen molar-refractivity contribution in [1.82, 2.24) is 5.32 Å². The minimum atomic E-state index is 0.0690. The highest BCUT2D eigenvalue weighted by Crippen LogP contribution is 2.11. The van der Waals surface area contributed by atoms with Crippen LogP contribution in [0.5, 0.6) is 5.75 Å². The molecule has 0 aliphatic rings. The first-order valence-corrected chi connectivity index (χ1v) is 4.77. The fourth-order valence-corrected chi connectivity index (χ4v) is 1.17. The van der Waals surface area contributed by atoms with Gasteiger partial charge in [0.15, 0.2) is 5.78 Å². The van der Waals surface area contributed by atoms with E-state index in [-0.39, 0.29) is 5.78 Å². The monoisotopic (exact) mass is 205 g/mol. The van der Waals surface area contributed by atoms with Gasteiger partial charge in [-0.25, -0.2) is 0 Å². The smallest absolute Gasteiger partial charge is 0.176 e. The Bertz CT molecular complexity index is 330. The number of rotatable bonds is 6. The highest BCUT2D eigenvalue weighted by atomic mass is 16.5. The van der Waals surface area contributed by atoms with Gasteiger partial charge in [0.25, 0.3) is 0 Å². The molecule has 0 fully saturated rings. The summed E-state index contributed by atoms with van der Waals surface area (Å²) in [5.41, 5.74) is 0.687. The Kier molecular flexibility index (Phi) is 4.57. The number of ketones is 1. The molecule has 0 atom stereocenters. The summed E-state index contributed by atoms with van der Waals surface area (Å²) in [6.07, 6.45) is 1.72. The van der Waals surface area contributed by atoms with Crippen molar-refractivity contribution in [3.8, 4) is 5.75 Å². The number of carbonyl (C=O) groups excluding carboxylic acids is 1. The van der Waals surface area contributed by atoms with Gasteiger partial charge in [-0.05, 0) is 24.3 Å². The van der Waals surface area contributed by atoms with Crippen LogP contribution in [0.15, 0.2) is 36.9 Å². The van der Waals surface area contributed by atoms with E-state index in [1.54, 1.807) is 37.5 Å². The van der Waals surface area contributed by atoms with Crippen molar-refractivity contribution in [3.63, 3.8) is 0 Å². The zero-order chi connectivity index (χ0) is 11.1. The Hall–Kier alpha value is -1.61. The van der Waals surface area contributed by atoms with E-state index in [0.717, 1.165) is 5.75 Å². The predicted molar refractivity (Wildman–Crippen MR) is 60.4 cm³/mol. The van der Waals surface area contributed by atoms with Gasteiger partial charge in [0.1, 0.15) is 5.75 Å². The van der Waals surface area contributed by atoms with Gasteiger partial charge in [-0.3, -0.25) is 4.79 Å². The molecule has 3 nitrogen and oxygen atoms in total. The molecule has 0 spiro atoms. The Morgan fingerprint density at radius 1 is 1.47 bits per heavy atom. The van der Waals surface area contributed by atoms with Gasteiger partial charge in [0.05, 0.1) is 13.7 Å². The summed E-state index contributed by atoms with van der Waals surface area (Å²) in [6, 6.07) is 7.08. The van der Waals surface area contributed by atoms with Gasteiger partial charge in [0, 0.05) is 12.1 Å². The van der Waals surface area contributed by atoms with Crippen molar-refractivity contribution in [2.24, 2.45) is 0 Å². The van der Waals surface area contributed by atoms with Crippen LogP contribution in [0, 0.1) is 0 Å². The lowest BCUT2D eigenvalue weighted by molar-refractivity contribution is 0.0992. The van der Waals surface area contributed by atoms with Gasteiger partial charge in [-0.1, -0.05) is 6.08 Å². The molecule has 1 aromatic carbocycles. The average Bonchev–Trinajstić information content (AvgIpc) is 2.29. The third kappa shape index (κ3) is 3.56. The molecule has 1 aromatic rings. The van der Waals surface area contributed by atoms with Crippen LogP contribution in [-0.2, 0) is 0 Å². The molecule has 0 aromatic heterocycles. The Morgan fingerprint density at radius 2 is 2.13 bits per heavy atom. The van der Waals surface area contributed by atoms with Crippen LogP contribution in [0.3, 0.4) is 0 Å². The molecule has 0 aliphatic heterocycles. The lowest BCUT2D eigenvalue weighted by Crippen LogP contribution is -2.22. The van der Waals surface area contributed by atoms with Crippen LogP contribution < -0.4 is 10.1 Å². The molecule has 1 N–H and O–H groups in total. The molecule has 80 valence electrons. The number of benzene rings is 1. The maximum Gasteiger partial charge on any atom is 0.176 e. The molecule has 0 unspecified atom stereocenters. The number of ether oxygens (including phenoxy) is 1. The van der Waals surface area contributed by atoms with Gasteiger partial charge in [0.2, 0.25) is 0 Å². The van der Waals surface area contributed by atoms with Crippen molar-refractivity contribution < 1.29 is 9.53 Å². The number of hydrogen-bond donors (Lipinski definition) is 1. The van der Waals surface area contributed by atoms with E-state index in [1.165, 1.54) is 0 Å². The Balaban J connectivity index is 2.54. The molecule has 15 heavy (non-hydrogen) atoms. The lowest BCUT2D eigenvalue weighted by Gasteiger charge is -2.03. The van der Waals surface area contributed by atoms with Crippen LogP contribution in [0.4, 0.5) is 0 Å². The molecular formula is C12H15NO2. The summed E-state index contributed by atoms with van der Waals surface area (Å²) in [4.78, 5) is 11.6. The van der Waals surface area contributed by atoms with E-state index in [1.807, 2.05) is 0 Å². The third-order valence-electron chi connectivity index (χ3n) is 1.99. The summed E-state index contributed by atoms with van der Waals surface area (Å²) in [6.45, 7) is 4.54. The van der Waals surface area contributed by atoms with Crippen LogP contribution in [0.1, 0.15) is 10.4 Å². The van der Waals surface area contributed by atoms with Crippen LogP contribution in [0.2, 0.25) is 0 Å². The zero-order valence-electron chi connectivity index (χ0n) is 8.82. The Labute approximate surface area is 89.8 Å². The molecule has 0 aliphatic carbocycles. The predicted octanol–water partition coefficient (Wildman–Crippen LogP) is 1.65. The first-order chi connectivity index (χ1) is 7.27. The summed E-state index contributed by atoms with van der Waals surface area (Å²) in [5, 5.41) is 2.96. The number of hydrogen-bond acceptors (Lipinski definition) is 3. The minimum absolute atomic E-state index is 0.0690. The average molecular weight is 205 g/mol. The summed E-state index contributed by atoms with van der Waals surface area (Å²) in [5.74, 6) is 0.824. The fourth-order valence-electron chi connectivity index (χ4n) is 1.17. The maximum absolute atomic E-state index is 11.6. The second-order valence-electron chi connectivity index (χ2n) is 3.07. The van der Waals surface area contributed by atoms with Crippen molar-refractivity contribution in [3.05, 3.63) is 42.5 Å². The van der Waals surface area contributed by atoms with Crippen molar-refractivity contribution in [2.45, 2.75) is 0 Å². The number of carbonyl (C=O) groups is 1. The standard InChI is InChI=1S/C12H15NO2/c1-3-8-13-9-12(14)10-4-6-11(15-2)7-5-10/h3-7,13H,1,8-9H2,2H3. The fraction of sp³-hybridized carbons (Fsp3) is 0.250. The van der Waals surface area contributed by atoms with Crippen LogP contribution >= 0.6 is 0 Å². The van der Waals surface area contributed by atoms with Gasteiger partial charge >= 0.3 is 0 Å². The van der Waals surface area contributed by atoms with E-state index < -0.39 is 0 Å². The second-order valence-corrected chi connectivity index (χ2v) is 3.07. The van der Waals surface area contributed by atoms with E-state index in [2.05, 4.69) is 11.9 Å². The zero-order valence-corrected chi connectivity index (χ0v) is 8.82. The summed E-state index contributed by atoms with van der Waals surface area (Å²) < 4.78 is 5.01. The molecule has 0 radical (unpaired) electrons. The van der Waals surface area contributed by atoms with E-state index in [0.29, 0.717) is 18.7 Å². The maximum atomic E-state index is 11.6. The first kappa shape index (κ1) is 11.5. The van der Waals surface area contributed by atoms with Gasteiger partial charge in [-0.15, -0.1) is 6.58 Å². The van der Waals surface area contributed by atoms with E-state index in [9.17, 15) is 4.79 Å².